The molecule has 16 heavy (non-hydrogen) atoms. The first-order valence-electron chi connectivity index (χ1n) is 5.88. The molecule has 0 spiro atoms. The van der Waals surface area contributed by atoms with Crippen molar-refractivity contribution in [2.75, 3.05) is 6.54 Å². The van der Waals surface area contributed by atoms with E-state index in [1.165, 1.54) is 0 Å². The lowest BCUT2D eigenvalue weighted by atomic mass is 9.87. The van der Waals surface area contributed by atoms with Crippen molar-refractivity contribution in [2.45, 2.75) is 49.0 Å². The fraction of sp³-hybridized carbons (Fsp3) is 1.00. The van der Waals surface area contributed by atoms with Gasteiger partial charge in [0.1, 0.15) is 0 Å². The number of hydrogen-bond donors (Lipinski definition) is 0. The summed E-state index contributed by atoms with van der Waals surface area (Å²) in [5.41, 5.74) is 8.20. The van der Waals surface area contributed by atoms with Crippen molar-refractivity contribution in [1.82, 2.24) is 0 Å². The molecule has 0 aromatic rings. The molecule has 0 radical (unpaired) electrons. The van der Waals surface area contributed by atoms with Crippen LogP contribution in [0, 0.1) is 5.92 Å². The number of rotatable bonds is 3. The Morgan fingerprint density at radius 1 is 1.25 bits per heavy atom. The van der Waals surface area contributed by atoms with Crippen molar-refractivity contribution < 1.29 is 8.42 Å². The van der Waals surface area contributed by atoms with Crippen LogP contribution in [0.3, 0.4) is 0 Å². The largest absolute Gasteiger partial charge is 0.228 e. The van der Waals surface area contributed by atoms with E-state index in [2.05, 4.69) is 10.0 Å². The van der Waals surface area contributed by atoms with Crippen LogP contribution >= 0.6 is 0 Å². The lowest BCUT2D eigenvalue weighted by molar-refractivity contribution is 0.329. The summed E-state index contributed by atoms with van der Waals surface area (Å²) in [7, 11) is -2.83. The molecule has 2 bridgehead atoms. The molecule has 2 unspecified atom stereocenters. The minimum Gasteiger partial charge on any atom is -0.228 e. The fourth-order valence-electron chi connectivity index (χ4n) is 3.04. The molecule has 6 heteroatoms. The van der Waals surface area contributed by atoms with E-state index in [4.69, 9.17) is 5.53 Å². The maximum absolute atomic E-state index is 12.0. The van der Waals surface area contributed by atoms with Crippen LogP contribution in [0.5, 0.6) is 0 Å². The molecule has 5 nitrogen and oxygen atoms in total. The van der Waals surface area contributed by atoms with Crippen LogP contribution in [0.25, 0.3) is 10.4 Å². The highest BCUT2D eigenvalue weighted by Crippen LogP contribution is 2.40. The Bertz CT molecular complexity index is 380. The summed E-state index contributed by atoms with van der Waals surface area (Å²) >= 11 is 0. The molecular formula is C10H17N3O2S. The molecule has 2 rings (SSSR count). The van der Waals surface area contributed by atoms with Gasteiger partial charge in [-0.3, -0.25) is 0 Å². The zero-order chi connectivity index (χ0) is 11.6. The fourth-order valence-corrected chi connectivity index (χ4v) is 5.65. The maximum Gasteiger partial charge on any atom is 0.156 e. The first-order valence-corrected chi connectivity index (χ1v) is 7.49. The molecule has 2 atom stereocenters. The predicted molar refractivity (Wildman–Crippen MR) is 61.7 cm³/mol. The van der Waals surface area contributed by atoms with Gasteiger partial charge in [0.05, 0.1) is 10.5 Å². The Morgan fingerprint density at radius 2 is 1.88 bits per heavy atom. The minimum atomic E-state index is -2.83. The summed E-state index contributed by atoms with van der Waals surface area (Å²) in [4.78, 5) is 2.73. The van der Waals surface area contributed by atoms with E-state index in [9.17, 15) is 8.42 Å². The second-order valence-corrected chi connectivity index (χ2v) is 7.36. The van der Waals surface area contributed by atoms with E-state index in [0.717, 1.165) is 38.5 Å². The van der Waals surface area contributed by atoms with Gasteiger partial charge < -0.3 is 0 Å². The van der Waals surface area contributed by atoms with Crippen LogP contribution in [0.15, 0.2) is 5.11 Å². The minimum absolute atomic E-state index is 0.115. The van der Waals surface area contributed by atoms with Crippen molar-refractivity contribution in [2.24, 2.45) is 11.0 Å². The van der Waals surface area contributed by atoms with Crippen molar-refractivity contribution >= 4 is 9.84 Å². The smallest absolute Gasteiger partial charge is 0.156 e. The number of azide groups is 1. The number of nitrogens with zero attached hydrogens (tertiary/aromatic N) is 3. The van der Waals surface area contributed by atoms with Gasteiger partial charge in [0, 0.05) is 11.5 Å². The second-order valence-electron chi connectivity index (χ2n) is 4.84. The predicted octanol–water partition coefficient (Wildman–Crippen LogP) is 2.43. The van der Waals surface area contributed by atoms with Crippen LogP contribution in [-0.2, 0) is 9.84 Å². The highest BCUT2D eigenvalue weighted by atomic mass is 32.2. The molecule has 0 aliphatic carbocycles. The van der Waals surface area contributed by atoms with Crippen LogP contribution in [0.4, 0.5) is 0 Å². The SMILES string of the molecule is [N-]=[N+]=NCCC1CC2CCCC(C1)S2(=O)=O. The monoisotopic (exact) mass is 243 g/mol. The standard InChI is InChI=1S/C10H17N3O2S/c11-13-12-5-4-8-6-9-2-1-3-10(7-8)16(9,14)15/h8-10H,1-7H2. The third kappa shape index (κ3) is 2.18. The summed E-state index contributed by atoms with van der Waals surface area (Å²) in [6.07, 6.45) is 5.11. The highest BCUT2D eigenvalue weighted by molar-refractivity contribution is 7.92. The average molecular weight is 243 g/mol. The van der Waals surface area contributed by atoms with Gasteiger partial charge in [0.2, 0.25) is 0 Å². The summed E-state index contributed by atoms with van der Waals surface area (Å²) in [6.45, 7) is 0.501. The van der Waals surface area contributed by atoms with Gasteiger partial charge in [0.15, 0.2) is 9.84 Å². The van der Waals surface area contributed by atoms with Gasteiger partial charge >= 0.3 is 0 Å². The molecule has 2 aliphatic heterocycles. The Hall–Kier alpha value is -0.740. The summed E-state index contributed by atoms with van der Waals surface area (Å²) in [5.74, 6) is 0.435. The van der Waals surface area contributed by atoms with E-state index in [-0.39, 0.29) is 10.5 Å². The van der Waals surface area contributed by atoms with Crippen molar-refractivity contribution in [3.05, 3.63) is 10.4 Å². The number of fused-ring (bicyclic) bond motifs is 2. The molecule has 0 N–H and O–H groups in total. The van der Waals surface area contributed by atoms with E-state index in [1.54, 1.807) is 0 Å². The van der Waals surface area contributed by atoms with Crippen LogP contribution in [0.2, 0.25) is 0 Å². The first kappa shape index (κ1) is 11.7. The van der Waals surface area contributed by atoms with Crippen molar-refractivity contribution in [3.63, 3.8) is 0 Å². The van der Waals surface area contributed by atoms with Crippen LogP contribution in [0.1, 0.15) is 38.5 Å². The van der Waals surface area contributed by atoms with E-state index in [1.807, 2.05) is 0 Å². The summed E-state index contributed by atoms with van der Waals surface area (Å²) < 4.78 is 24.0. The van der Waals surface area contributed by atoms with E-state index >= 15 is 0 Å². The van der Waals surface area contributed by atoms with Gasteiger partial charge in [-0.1, -0.05) is 11.5 Å². The summed E-state index contributed by atoms with van der Waals surface area (Å²) in [6, 6.07) is 0. The van der Waals surface area contributed by atoms with E-state index in [0.29, 0.717) is 12.5 Å². The maximum atomic E-state index is 12.0. The van der Waals surface area contributed by atoms with Crippen molar-refractivity contribution in [1.29, 1.82) is 0 Å². The van der Waals surface area contributed by atoms with Crippen LogP contribution in [-0.4, -0.2) is 25.5 Å². The van der Waals surface area contributed by atoms with Gasteiger partial charge in [-0.05, 0) is 43.6 Å². The third-order valence-corrected chi connectivity index (χ3v) is 6.59. The normalized spacial score (nSPS) is 36.4. The molecule has 2 saturated heterocycles. The Labute approximate surface area is 95.8 Å². The Morgan fingerprint density at radius 3 is 2.44 bits per heavy atom. The van der Waals surface area contributed by atoms with Gasteiger partial charge in [-0.15, -0.1) is 0 Å². The molecule has 90 valence electrons. The molecule has 0 saturated carbocycles. The van der Waals surface area contributed by atoms with E-state index < -0.39 is 9.84 Å². The first-order chi connectivity index (χ1) is 7.64. The second kappa shape index (κ2) is 4.63. The molecule has 0 amide bonds. The number of hydrogen-bond acceptors (Lipinski definition) is 3. The van der Waals surface area contributed by atoms with Crippen LogP contribution < -0.4 is 0 Å². The quantitative estimate of drug-likeness (QED) is 0.433. The zero-order valence-corrected chi connectivity index (χ0v) is 10.1. The lowest BCUT2D eigenvalue weighted by Crippen LogP contribution is -2.43. The lowest BCUT2D eigenvalue weighted by Gasteiger charge is -2.38. The van der Waals surface area contributed by atoms with Gasteiger partial charge in [-0.2, -0.15) is 0 Å². The molecule has 2 heterocycles. The molecule has 2 aliphatic rings. The third-order valence-electron chi connectivity index (χ3n) is 3.87. The Kier molecular flexibility index (Phi) is 3.40. The number of sulfone groups is 1. The molecule has 2 fully saturated rings. The zero-order valence-electron chi connectivity index (χ0n) is 9.25. The molecule has 0 aromatic carbocycles. The van der Waals surface area contributed by atoms with Crippen molar-refractivity contribution in [3.8, 4) is 0 Å². The van der Waals surface area contributed by atoms with Gasteiger partial charge in [-0.25, -0.2) is 8.42 Å². The average Bonchev–Trinajstić information content (AvgIpc) is 2.18. The molecular weight excluding hydrogens is 226 g/mol. The molecule has 0 aromatic heterocycles. The van der Waals surface area contributed by atoms with Gasteiger partial charge in [0.25, 0.3) is 0 Å². The highest BCUT2D eigenvalue weighted by Gasteiger charge is 2.43. The summed E-state index contributed by atoms with van der Waals surface area (Å²) in [5, 5.41) is 3.30. The Balaban J connectivity index is 2.00. The topological polar surface area (TPSA) is 82.9 Å².